The number of benzene rings is 1. The zero-order valence-electron chi connectivity index (χ0n) is 15.9. The van der Waals surface area contributed by atoms with Gasteiger partial charge >= 0.3 is 0 Å². The molecule has 9 heteroatoms. The SMILES string of the molecule is Cc1cc2c(cc1-c1cc(CN(O)c3ccncc3F)nn1C)C(F)(F)CCO2. The predicted molar refractivity (Wildman–Crippen MR) is 99.6 cm³/mol. The number of alkyl halides is 2. The van der Waals surface area contributed by atoms with E-state index >= 15 is 0 Å². The first-order valence-corrected chi connectivity index (χ1v) is 9.01. The molecule has 0 radical (unpaired) electrons. The molecule has 0 amide bonds. The van der Waals surface area contributed by atoms with Crippen molar-refractivity contribution < 1.29 is 23.1 Å². The molecular weight excluding hydrogens is 385 g/mol. The van der Waals surface area contributed by atoms with Crippen LogP contribution < -0.4 is 9.80 Å². The summed E-state index contributed by atoms with van der Waals surface area (Å²) >= 11 is 0. The van der Waals surface area contributed by atoms with Gasteiger partial charge in [0.2, 0.25) is 0 Å². The fraction of sp³-hybridized carbons (Fsp3) is 0.300. The summed E-state index contributed by atoms with van der Waals surface area (Å²) in [5.41, 5.74) is 2.22. The maximum absolute atomic E-state index is 14.3. The average molecular weight is 404 g/mol. The number of nitrogens with zero attached hydrogens (tertiary/aromatic N) is 4. The lowest BCUT2D eigenvalue weighted by atomic mass is 9.95. The Morgan fingerprint density at radius 1 is 1.31 bits per heavy atom. The number of hydrogen-bond donors (Lipinski definition) is 1. The molecule has 0 atom stereocenters. The van der Waals surface area contributed by atoms with Gasteiger partial charge in [-0.25, -0.2) is 18.2 Å². The van der Waals surface area contributed by atoms with Crippen molar-refractivity contribution in [3.05, 3.63) is 59.3 Å². The van der Waals surface area contributed by atoms with Gasteiger partial charge in [0.15, 0.2) is 5.82 Å². The molecule has 0 saturated heterocycles. The van der Waals surface area contributed by atoms with Crippen molar-refractivity contribution >= 4 is 5.69 Å². The van der Waals surface area contributed by atoms with Crippen LogP contribution in [-0.4, -0.2) is 26.6 Å². The number of hydroxylamine groups is 1. The summed E-state index contributed by atoms with van der Waals surface area (Å²) in [6.07, 6.45) is 2.00. The molecule has 1 aliphatic rings. The summed E-state index contributed by atoms with van der Waals surface area (Å²) in [6, 6.07) is 6.06. The zero-order valence-corrected chi connectivity index (χ0v) is 15.9. The van der Waals surface area contributed by atoms with Gasteiger partial charge in [-0.2, -0.15) is 5.10 Å². The van der Waals surface area contributed by atoms with Crippen LogP contribution in [0.2, 0.25) is 0 Å². The lowest BCUT2D eigenvalue weighted by Gasteiger charge is -2.26. The van der Waals surface area contributed by atoms with Crippen LogP contribution in [0, 0.1) is 12.7 Å². The predicted octanol–water partition coefficient (Wildman–Crippen LogP) is 4.20. The highest BCUT2D eigenvalue weighted by molar-refractivity contribution is 5.68. The van der Waals surface area contributed by atoms with E-state index in [1.807, 2.05) is 6.92 Å². The molecule has 4 rings (SSSR count). The summed E-state index contributed by atoms with van der Waals surface area (Å²) in [4.78, 5) is 3.64. The van der Waals surface area contributed by atoms with E-state index in [0.717, 1.165) is 16.8 Å². The van der Waals surface area contributed by atoms with E-state index in [2.05, 4.69) is 10.1 Å². The van der Waals surface area contributed by atoms with Crippen LogP contribution in [0.15, 0.2) is 36.7 Å². The molecule has 0 saturated carbocycles. The zero-order chi connectivity index (χ0) is 20.8. The van der Waals surface area contributed by atoms with Crippen LogP contribution in [0.25, 0.3) is 11.3 Å². The van der Waals surface area contributed by atoms with Crippen LogP contribution in [-0.2, 0) is 19.5 Å². The lowest BCUT2D eigenvalue weighted by Crippen LogP contribution is -2.24. The molecule has 2 aromatic heterocycles. The molecule has 152 valence electrons. The van der Waals surface area contributed by atoms with Gasteiger partial charge < -0.3 is 4.74 Å². The fourth-order valence-corrected chi connectivity index (χ4v) is 3.46. The summed E-state index contributed by atoms with van der Waals surface area (Å²) in [7, 11) is 1.68. The van der Waals surface area contributed by atoms with Gasteiger partial charge in [0.1, 0.15) is 11.4 Å². The Balaban J connectivity index is 1.68. The molecule has 0 bridgehead atoms. The Morgan fingerprint density at radius 3 is 2.86 bits per heavy atom. The minimum atomic E-state index is -2.96. The molecule has 3 aromatic rings. The van der Waals surface area contributed by atoms with Crippen molar-refractivity contribution in [2.24, 2.45) is 7.05 Å². The maximum Gasteiger partial charge on any atom is 0.280 e. The van der Waals surface area contributed by atoms with Crippen molar-refractivity contribution in [3.63, 3.8) is 0 Å². The number of aryl methyl sites for hydroxylation is 2. The van der Waals surface area contributed by atoms with Crippen LogP contribution >= 0.6 is 0 Å². The highest BCUT2D eigenvalue weighted by Crippen LogP contribution is 2.44. The Hall–Kier alpha value is -3.07. The molecule has 0 unspecified atom stereocenters. The van der Waals surface area contributed by atoms with E-state index in [-0.39, 0.29) is 36.6 Å². The lowest BCUT2D eigenvalue weighted by molar-refractivity contribution is -0.0404. The molecule has 6 nitrogen and oxygen atoms in total. The molecule has 1 aliphatic heterocycles. The Bertz CT molecular complexity index is 1070. The van der Waals surface area contributed by atoms with Crippen LogP contribution in [0.3, 0.4) is 0 Å². The van der Waals surface area contributed by atoms with Crippen molar-refractivity contribution in [3.8, 4) is 17.0 Å². The number of ether oxygens (including phenoxy) is 1. The number of halogens is 3. The van der Waals surface area contributed by atoms with Crippen molar-refractivity contribution in [2.75, 3.05) is 11.7 Å². The maximum atomic E-state index is 14.3. The second-order valence-electron chi connectivity index (χ2n) is 7.00. The Morgan fingerprint density at radius 2 is 2.10 bits per heavy atom. The summed E-state index contributed by atoms with van der Waals surface area (Å²) < 4.78 is 49.4. The topological polar surface area (TPSA) is 63.4 Å². The van der Waals surface area contributed by atoms with Gasteiger partial charge in [-0.15, -0.1) is 0 Å². The number of pyridine rings is 1. The van der Waals surface area contributed by atoms with Crippen molar-refractivity contribution in [1.82, 2.24) is 14.8 Å². The summed E-state index contributed by atoms with van der Waals surface area (Å²) in [5, 5.41) is 15.3. The van der Waals surface area contributed by atoms with Gasteiger partial charge in [0, 0.05) is 18.8 Å². The third-order valence-corrected chi connectivity index (χ3v) is 4.94. The van der Waals surface area contributed by atoms with Crippen LogP contribution in [0.1, 0.15) is 23.2 Å². The van der Waals surface area contributed by atoms with E-state index < -0.39 is 11.7 Å². The van der Waals surface area contributed by atoms with Gasteiger partial charge in [0.25, 0.3) is 5.92 Å². The molecule has 0 aliphatic carbocycles. The second kappa shape index (κ2) is 7.07. The molecule has 3 heterocycles. The Labute approximate surface area is 165 Å². The number of hydrogen-bond acceptors (Lipinski definition) is 5. The van der Waals surface area contributed by atoms with E-state index in [4.69, 9.17) is 4.74 Å². The molecule has 1 aromatic carbocycles. The van der Waals surface area contributed by atoms with E-state index in [9.17, 15) is 18.4 Å². The minimum absolute atomic E-state index is 0.0213. The molecule has 0 spiro atoms. The minimum Gasteiger partial charge on any atom is -0.493 e. The standard InChI is InChI=1S/C20H19F3N4O2/c1-12-7-19-15(20(22,23)4-6-29-19)9-14(12)18-8-13(25-26(18)2)11-27(28)17-3-5-24-10-16(17)21/h3,5,7-10,28H,4,6,11H2,1-2H3. The average Bonchev–Trinajstić information content (AvgIpc) is 3.01. The Kier molecular flexibility index (Phi) is 4.70. The molecule has 1 N–H and O–H groups in total. The number of fused-ring (bicyclic) bond motifs is 1. The number of anilines is 1. The second-order valence-corrected chi connectivity index (χ2v) is 7.00. The van der Waals surface area contributed by atoms with Crippen LogP contribution in [0.5, 0.6) is 5.75 Å². The van der Waals surface area contributed by atoms with Crippen LogP contribution in [0.4, 0.5) is 18.9 Å². The van der Waals surface area contributed by atoms with E-state index in [0.29, 0.717) is 17.0 Å². The highest BCUT2D eigenvalue weighted by atomic mass is 19.3. The summed E-state index contributed by atoms with van der Waals surface area (Å²) in [6.45, 7) is 1.70. The molecule has 0 fully saturated rings. The third-order valence-electron chi connectivity index (χ3n) is 4.94. The highest BCUT2D eigenvalue weighted by Gasteiger charge is 2.38. The quantitative estimate of drug-likeness (QED) is 0.661. The number of rotatable bonds is 4. The summed E-state index contributed by atoms with van der Waals surface area (Å²) in [5.74, 6) is -3.43. The van der Waals surface area contributed by atoms with Crippen molar-refractivity contribution in [1.29, 1.82) is 0 Å². The van der Waals surface area contributed by atoms with Gasteiger partial charge in [-0.3, -0.25) is 14.9 Å². The third kappa shape index (κ3) is 3.53. The molecular formula is C20H19F3N4O2. The van der Waals surface area contributed by atoms with Gasteiger partial charge in [-0.05, 0) is 36.8 Å². The van der Waals surface area contributed by atoms with Crippen molar-refractivity contribution in [2.45, 2.75) is 25.8 Å². The normalized spacial score (nSPS) is 15.0. The first-order chi connectivity index (χ1) is 13.8. The van der Waals surface area contributed by atoms with E-state index in [1.165, 1.54) is 18.3 Å². The van der Waals surface area contributed by atoms with Gasteiger partial charge in [-0.1, -0.05) is 0 Å². The smallest absolute Gasteiger partial charge is 0.280 e. The van der Waals surface area contributed by atoms with E-state index in [1.54, 1.807) is 23.9 Å². The fourth-order valence-electron chi connectivity index (χ4n) is 3.46. The van der Waals surface area contributed by atoms with Gasteiger partial charge in [0.05, 0.1) is 42.7 Å². The first-order valence-electron chi connectivity index (χ1n) is 9.01. The number of aromatic nitrogens is 3. The largest absolute Gasteiger partial charge is 0.493 e. The molecule has 29 heavy (non-hydrogen) atoms. The first kappa shape index (κ1) is 19.3. The monoisotopic (exact) mass is 404 g/mol.